The van der Waals surface area contributed by atoms with E-state index in [-0.39, 0.29) is 24.2 Å². The molecule has 1 heterocycles. The lowest BCUT2D eigenvalue weighted by Crippen LogP contribution is -2.48. The molecule has 1 aromatic rings. The number of hydrogen-bond donors (Lipinski definition) is 2. The van der Waals surface area contributed by atoms with Crippen LogP contribution in [0.5, 0.6) is 0 Å². The number of amides is 1. The molecule has 1 atom stereocenters. The van der Waals surface area contributed by atoms with E-state index >= 15 is 0 Å². The number of aryl methyl sites for hydroxylation is 1. The first kappa shape index (κ1) is 17.5. The third-order valence-corrected chi connectivity index (χ3v) is 3.84. The maximum absolute atomic E-state index is 12.1. The van der Waals surface area contributed by atoms with Crippen molar-refractivity contribution in [1.82, 2.24) is 5.32 Å². The van der Waals surface area contributed by atoms with E-state index in [2.05, 4.69) is 10.6 Å². The zero-order chi connectivity index (χ0) is 14.7. The van der Waals surface area contributed by atoms with Gasteiger partial charge in [-0.25, -0.2) is 4.79 Å². The molecule has 0 spiro atoms. The summed E-state index contributed by atoms with van der Waals surface area (Å²) < 4.78 is 4.73. The van der Waals surface area contributed by atoms with Crippen molar-refractivity contribution in [3.05, 3.63) is 29.3 Å². The molecule has 1 aliphatic heterocycles. The van der Waals surface area contributed by atoms with E-state index in [1.807, 2.05) is 13.8 Å². The molecule has 1 unspecified atom stereocenters. The second-order valence-corrected chi connectivity index (χ2v) is 5.22. The van der Waals surface area contributed by atoms with Gasteiger partial charge in [0.15, 0.2) is 0 Å². The molecule has 0 saturated carbocycles. The van der Waals surface area contributed by atoms with Gasteiger partial charge in [0.1, 0.15) is 0 Å². The van der Waals surface area contributed by atoms with Crippen molar-refractivity contribution in [2.24, 2.45) is 11.8 Å². The third-order valence-electron chi connectivity index (χ3n) is 3.84. The molecular formula is C15H21ClN2O3. The summed E-state index contributed by atoms with van der Waals surface area (Å²) in [5.41, 5.74) is 1.93. The quantitative estimate of drug-likeness (QED) is 0.835. The third kappa shape index (κ3) is 3.95. The van der Waals surface area contributed by atoms with Gasteiger partial charge in [-0.1, -0.05) is 13.0 Å². The molecular weight excluding hydrogens is 292 g/mol. The summed E-state index contributed by atoms with van der Waals surface area (Å²) in [7, 11) is 1.35. The fourth-order valence-electron chi connectivity index (χ4n) is 2.16. The van der Waals surface area contributed by atoms with Gasteiger partial charge in [0, 0.05) is 11.6 Å². The van der Waals surface area contributed by atoms with Crippen LogP contribution in [-0.4, -0.2) is 32.1 Å². The molecule has 1 aliphatic rings. The highest BCUT2D eigenvalue weighted by molar-refractivity contribution is 5.96. The van der Waals surface area contributed by atoms with Crippen LogP contribution in [0.2, 0.25) is 0 Å². The minimum absolute atomic E-state index is 0. The Morgan fingerprint density at radius 1 is 1.38 bits per heavy atom. The van der Waals surface area contributed by atoms with Crippen LogP contribution in [0.1, 0.15) is 22.8 Å². The molecule has 1 saturated heterocycles. The number of esters is 1. The Bertz CT molecular complexity index is 530. The van der Waals surface area contributed by atoms with E-state index in [0.717, 1.165) is 18.7 Å². The minimum Gasteiger partial charge on any atom is -0.465 e. The summed E-state index contributed by atoms with van der Waals surface area (Å²) in [6.07, 6.45) is 0. The van der Waals surface area contributed by atoms with Crippen LogP contribution in [-0.2, 0) is 9.53 Å². The Hall–Kier alpha value is -1.59. The first-order valence-electron chi connectivity index (χ1n) is 6.73. The van der Waals surface area contributed by atoms with E-state index < -0.39 is 5.97 Å². The minimum atomic E-state index is -0.394. The maximum atomic E-state index is 12.1. The molecule has 0 aromatic heterocycles. The standard InChI is InChI=1S/C15H20N2O3.ClH/c1-9-4-5-12(6-13(9)15(19)20-3)17-14(18)10(2)11-7-16-8-11;/h4-6,10-11,16H,7-8H2,1-3H3,(H,17,18);1H. The van der Waals surface area contributed by atoms with Gasteiger partial charge >= 0.3 is 5.97 Å². The van der Waals surface area contributed by atoms with E-state index in [9.17, 15) is 9.59 Å². The molecule has 6 heteroatoms. The molecule has 1 aromatic carbocycles. The fourth-order valence-corrected chi connectivity index (χ4v) is 2.16. The van der Waals surface area contributed by atoms with Gasteiger partial charge in [0.2, 0.25) is 5.91 Å². The average Bonchev–Trinajstić information content (AvgIpc) is 2.38. The van der Waals surface area contributed by atoms with Crippen LogP contribution in [0.25, 0.3) is 0 Å². The van der Waals surface area contributed by atoms with Crippen LogP contribution in [0.3, 0.4) is 0 Å². The highest BCUT2D eigenvalue weighted by Gasteiger charge is 2.28. The molecule has 5 nitrogen and oxygen atoms in total. The van der Waals surface area contributed by atoms with Crippen LogP contribution in [0.4, 0.5) is 5.69 Å². The van der Waals surface area contributed by atoms with Gasteiger partial charge in [-0.15, -0.1) is 12.4 Å². The van der Waals surface area contributed by atoms with Crippen molar-refractivity contribution in [3.63, 3.8) is 0 Å². The Morgan fingerprint density at radius 3 is 2.57 bits per heavy atom. The Labute approximate surface area is 130 Å². The summed E-state index contributed by atoms with van der Waals surface area (Å²) in [6.45, 7) is 5.53. The first-order valence-corrected chi connectivity index (χ1v) is 6.73. The predicted molar refractivity (Wildman–Crippen MR) is 83.9 cm³/mol. The average molecular weight is 313 g/mol. The second kappa shape index (κ2) is 7.43. The molecule has 2 N–H and O–H groups in total. The summed E-state index contributed by atoms with van der Waals surface area (Å²) >= 11 is 0. The van der Waals surface area contributed by atoms with Crippen LogP contribution in [0, 0.1) is 18.8 Å². The summed E-state index contributed by atoms with van der Waals surface area (Å²) in [5, 5.41) is 6.02. The molecule has 1 amide bonds. The number of halogens is 1. The number of carbonyl (C=O) groups excluding carboxylic acids is 2. The van der Waals surface area contributed by atoms with Crippen molar-refractivity contribution >= 4 is 30.0 Å². The molecule has 0 bridgehead atoms. The summed E-state index contributed by atoms with van der Waals surface area (Å²) in [5.74, 6) is -0.0642. The number of hydrogen-bond acceptors (Lipinski definition) is 4. The number of carbonyl (C=O) groups is 2. The molecule has 0 aliphatic carbocycles. The number of ether oxygens (including phenoxy) is 1. The lowest BCUT2D eigenvalue weighted by molar-refractivity contribution is -0.121. The van der Waals surface area contributed by atoms with Crippen LogP contribution in [0.15, 0.2) is 18.2 Å². The second-order valence-electron chi connectivity index (χ2n) is 5.22. The van der Waals surface area contributed by atoms with Gasteiger partial charge in [0.25, 0.3) is 0 Å². The first-order chi connectivity index (χ1) is 9.52. The monoisotopic (exact) mass is 312 g/mol. The van der Waals surface area contributed by atoms with Gasteiger partial charge in [-0.05, 0) is 43.6 Å². The fraction of sp³-hybridized carbons (Fsp3) is 0.467. The maximum Gasteiger partial charge on any atom is 0.338 e. The SMILES string of the molecule is COC(=O)c1cc(NC(=O)C(C)C2CNC2)ccc1C.Cl. The molecule has 116 valence electrons. The van der Waals surface area contributed by atoms with E-state index in [1.165, 1.54) is 7.11 Å². The van der Waals surface area contributed by atoms with Crippen LogP contribution >= 0.6 is 12.4 Å². The lowest BCUT2D eigenvalue weighted by Gasteiger charge is -2.31. The highest BCUT2D eigenvalue weighted by atomic mass is 35.5. The number of methoxy groups -OCH3 is 1. The number of rotatable bonds is 4. The van der Waals surface area contributed by atoms with Gasteiger partial charge < -0.3 is 15.4 Å². The zero-order valence-corrected chi connectivity index (χ0v) is 13.3. The number of benzene rings is 1. The Balaban J connectivity index is 0.00000220. The molecule has 2 rings (SSSR count). The molecule has 21 heavy (non-hydrogen) atoms. The smallest absolute Gasteiger partial charge is 0.338 e. The van der Waals surface area contributed by atoms with Crippen molar-refractivity contribution in [1.29, 1.82) is 0 Å². The normalized spacial score (nSPS) is 15.4. The number of anilines is 1. The van der Waals surface area contributed by atoms with Crippen molar-refractivity contribution < 1.29 is 14.3 Å². The summed E-state index contributed by atoms with van der Waals surface area (Å²) in [4.78, 5) is 23.8. The van der Waals surface area contributed by atoms with E-state index in [4.69, 9.17) is 4.74 Å². The highest BCUT2D eigenvalue weighted by Crippen LogP contribution is 2.20. The van der Waals surface area contributed by atoms with Crippen molar-refractivity contribution in [2.45, 2.75) is 13.8 Å². The Kier molecular flexibility index (Phi) is 6.18. The molecule has 1 fully saturated rings. The van der Waals surface area contributed by atoms with Crippen molar-refractivity contribution in [2.75, 3.05) is 25.5 Å². The lowest BCUT2D eigenvalue weighted by atomic mass is 9.88. The number of nitrogens with one attached hydrogen (secondary N) is 2. The van der Waals surface area contributed by atoms with Crippen LogP contribution < -0.4 is 10.6 Å². The van der Waals surface area contributed by atoms with E-state index in [0.29, 0.717) is 17.2 Å². The van der Waals surface area contributed by atoms with Gasteiger partial charge in [-0.2, -0.15) is 0 Å². The summed E-state index contributed by atoms with van der Waals surface area (Å²) in [6, 6.07) is 5.26. The Morgan fingerprint density at radius 2 is 2.05 bits per heavy atom. The van der Waals surface area contributed by atoms with Crippen molar-refractivity contribution in [3.8, 4) is 0 Å². The topological polar surface area (TPSA) is 67.4 Å². The largest absolute Gasteiger partial charge is 0.465 e. The predicted octanol–water partition coefficient (Wildman–Crippen LogP) is 2.00. The van der Waals surface area contributed by atoms with Gasteiger partial charge in [-0.3, -0.25) is 4.79 Å². The molecule has 0 radical (unpaired) electrons. The van der Waals surface area contributed by atoms with E-state index in [1.54, 1.807) is 18.2 Å². The zero-order valence-electron chi connectivity index (χ0n) is 12.4. The van der Waals surface area contributed by atoms with Gasteiger partial charge in [0.05, 0.1) is 12.7 Å².